The maximum atomic E-state index is 5.20. The van der Waals surface area contributed by atoms with Crippen LogP contribution in [-0.4, -0.2) is 20.2 Å². The third-order valence-electron chi connectivity index (χ3n) is 2.56. The molecule has 0 radical (unpaired) electrons. The topological polar surface area (TPSA) is 21.3 Å². The molecule has 1 rings (SSSR count). The molecular formula is C13H18BrNO. The minimum atomic E-state index is 0.442. The molecule has 0 amide bonds. The molecule has 2 nitrogen and oxygen atoms in total. The highest BCUT2D eigenvalue weighted by atomic mass is 79.9. The predicted molar refractivity (Wildman–Crippen MR) is 72.1 cm³/mol. The van der Waals surface area contributed by atoms with Crippen LogP contribution in [0.15, 0.2) is 35.3 Å². The maximum absolute atomic E-state index is 5.20. The SMILES string of the molecule is C=CCC(Cc1ccc(OC)c(Br)c1)NC. The Morgan fingerprint density at radius 2 is 2.31 bits per heavy atom. The highest BCUT2D eigenvalue weighted by Crippen LogP contribution is 2.26. The van der Waals surface area contributed by atoms with Crippen LogP contribution in [0, 0.1) is 0 Å². The van der Waals surface area contributed by atoms with Crippen LogP contribution >= 0.6 is 15.9 Å². The molecule has 0 aliphatic rings. The Morgan fingerprint density at radius 1 is 1.56 bits per heavy atom. The average Bonchev–Trinajstić information content (AvgIpc) is 2.28. The van der Waals surface area contributed by atoms with Gasteiger partial charge in [-0.1, -0.05) is 12.1 Å². The van der Waals surface area contributed by atoms with E-state index in [1.165, 1.54) is 5.56 Å². The number of methoxy groups -OCH3 is 1. The van der Waals surface area contributed by atoms with E-state index in [9.17, 15) is 0 Å². The number of ether oxygens (including phenoxy) is 1. The number of halogens is 1. The van der Waals surface area contributed by atoms with Gasteiger partial charge in [0, 0.05) is 6.04 Å². The van der Waals surface area contributed by atoms with Gasteiger partial charge in [0.25, 0.3) is 0 Å². The number of benzene rings is 1. The molecule has 1 atom stereocenters. The van der Waals surface area contributed by atoms with Crippen LogP contribution in [0.1, 0.15) is 12.0 Å². The molecule has 16 heavy (non-hydrogen) atoms. The fourth-order valence-electron chi connectivity index (χ4n) is 1.63. The number of hydrogen-bond donors (Lipinski definition) is 1. The normalized spacial score (nSPS) is 12.2. The molecule has 88 valence electrons. The van der Waals surface area contributed by atoms with Gasteiger partial charge in [-0.05, 0) is 53.5 Å². The summed E-state index contributed by atoms with van der Waals surface area (Å²) in [7, 11) is 3.65. The second-order valence-electron chi connectivity index (χ2n) is 3.68. The monoisotopic (exact) mass is 283 g/mol. The van der Waals surface area contributed by atoms with Crippen LogP contribution in [0.25, 0.3) is 0 Å². The van der Waals surface area contributed by atoms with Gasteiger partial charge in [-0.25, -0.2) is 0 Å². The zero-order valence-corrected chi connectivity index (χ0v) is 11.4. The summed E-state index contributed by atoms with van der Waals surface area (Å²) < 4.78 is 6.20. The lowest BCUT2D eigenvalue weighted by atomic mass is 10.0. The summed E-state index contributed by atoms with van der Waals surface area (Å²) in [6, 6.07) is 6.63. The van der Waals surface area contributed by atoms with Gasteiger partial charge < -0.3 is 10.1 Å². The van der Waals surface area contributed by atoms with E-state index in [2.05, 4.69) is 40.0 Å². The van der Waals surface area contributed by atoms with Gasteiger partial charge in [-0.2, -0.15) is 0 Å². The van der Waals surface area contributed by atoms with Crippen LogP contribution in [0.4, 0.5) is 0 Å². The summed E-state index contributed by atoms with van der Waals surface area (Å²) in [6.07, 6.45) is 3.91. The standard InChI is InChI=1S/C13H18BrNO/c1-4-5-11(15-2)8-10-6-7-13(16-3)12(14)9-10/h4,6-7,9,11,15H,1,5,8H2,2-3H3. The first-order valence-corrected chi connectivity index (χ1v) is 6.11. The van der Waals surface area contributed by atoms with E-state index >= 15 is 0 Å². The summed E-state index contributed by atoms with van der Waals surface area (Å²) >= 11 is 3.49. The second kappa shape index (κ2) is 6.71. The van der Waals surface area contributed by atoms with Gasteiger partial charge in [0.1, 0.15) is 5.75 Å². The lowest BCUT2D eigenvalue weighted by molar-refractivity contribution is 0.412. The van der Waals surface area contributed by atoms with Gasteiger partial charge in [0.15, 0.2) is 0 Å². The molecule has 0 saturated heterocycles. The van der Waals surface area contributed by atoms with Crippen molar-refractivity contribution >= 4 is 15.9 Å². The number of hydrogen-bond acceptors (Lipinski definition) is 2. The van der Waals surface area contributed by atoms with E-state index in [1.54, 1.807) is 7.11 Å². The van der Waals surface area contributed by atoms with Crippen LogP contribution in [-0.2, 0) is 6.42 Å². The Morgan fingerprint density at radius 3 is 2.81 bits per heavy atom. The van der Waals surface area contributed by atoms with Crippen LogP contribution in [0.2, 0.25) is 0 Å². The van der Waals surface area contributed by atoms with Gasteiger partial charge in [-0.3, -0.25) is 0 Å². The zero-order chi connectivity index (χ0) is 12.0. The van der Waals surface area contributed by atoms with E-state index in [-0.39, 0.29) is 0 Å². The number of rotatable bonds is 6. The summed E-state index contributed by atoms with van der Waals surface area (Å²) in [6.45, 7) is 3.77. The van der Waals surface area contributed by atoms with Crippen molar-refractivity contribution in [1.29, 1.82) is 0 Å². The van der Waals surface area contributed by atoms with E-state index in [0.717, 1.165) is 23.1 Å². The van der Waals surface area contributed by atoms with Crippen LogP contribution in [0.3, 0.4) is 0 Å². The molecule has 1 unspecified atom stereocenters. The van der Waals surface area contributed by atoms with Gasteiger partial charge in [0.05, 0.1) is 11.6 Å². The van der Waals surface area contributed by atoms with Crippen LogP contribution in [0.5, 0.6) is 5.75 Å². The summed E-state index contributed by atoms with van der Waals surface area (Å²) in [5.41, 5.74) is 1.29. The Labute approximate surface area is 106 Å². The molecule has 0 fully saturated rings. The smallest absolute Gasteiger partial charge is 0.133 e. The average molecular weight is 284 g/mol. The lowest BCUT2D eigenvalue weighted by Crippen LogP contribution is -2.26. The fraction of sp³-hybridized carbons (Fsp3) is 0.385. The van der Waals surface area contributed by atoms with E-state index in [4.69, 9.17) is 4.74 Å². The van der Waals surface area contributed by atoms with Crippen molar-refractivity contribution in [3.8, 4) is 5.75 Å². The molecular weight excluding hydrogens is 266 g/mol. The van der Waals surface area contributed by atoms with E-state index in [0.29, 0.717) is 6.04 Å². The first-order valence-electron chi connectivity index (χ1n) is 5.31. The summed E-state index contributed by atoms with van der Waals surface area (Å²) in [5, 5.41) is 3.28. The van der Waals surface area contributed by atoms with Crippen molar-refractivity contribution in [3.63, 3.8) is 0 Å². The first kappa shape index (κ1) is 13.3. The van der Waals surface area contributed by atoms with Crippen molar-refractivity contribution in [2.75, 3.05) is 14.2 Å². The van der Waals surface area contributed by atoms with Gasteiger partial charge in [-0.15, -0.1) is 6.58 Å². The minimum Gasteiger partial charge on any atom is -0.496 e. The summed E-state index contributed by atoms with van der Waals surface area (Å²) in [5.74, 6) is 0.869. The highest BCUT2D eigenvalue weighted by Gasteiger charge is 2.07. The Hall–Kier alpha value is -0.800. The fourth-order valence-corrected chi connectivity index (χ4v) is 2.21. The van der Waals surface area contributed by atoms with Crippen molar-refractivity contribution < 1.29 is 4.74 Å². The molecule has 0 spiro atoms. The van der Waals surface area contributed by atoms with Gasteiger partial charge >= 0.3 is 0 Å². The number of likely N-dealkylation sites (N-methyl/N-ethyl adjacent to an activating group) is 1. The largest absolute Gasteiger partial charge is 0.496 e. The third kappa shape index (κ3) is 3.65. The highest BCUT2D eigenvalue weighted by molar-refractivity contribution is 9.10. The van der Waals surface area contributed by atoms with Crippen molar-refractivity contribution in [2.45, 2.75) is 18.9 Å². The van der Waals surface area contributed by atoms with E-state index < -0.39 is 0 Å². The Bertz CT molecular complexity index is 352. The summed E-state index contributed by atoms with van der Waals surface area (Å²) in [4.78, 5) is 0. The predicted octanol–water partition coefficient (Wildman–Crippen LogP) is 3.16. The van der Waals surface area contributed by atoms with Crippen LogP contribution < -0.4 is 10.1 Å². The molecule has 1 N–H and O–H groups in total. The van der Waals surface area contributed by atoms with Crippen molar-refractivity contribution in [1.82, 2.24) is 5.32 Å². The molecule has 0 saturated carbocycles. The quantitative estimate of drug-likeness (QED) is 0.810. The zero-order valence-electron chi connectivity index (χ0n) is 9.79. The molecule has 0 aromatic heterocycles. The molecule has 3 heteroatoms. The second-order valence-corrected chi connectivity index (χ2v) is 4.54. The molecule has 0 bridgehead atoms. The Balaban J connectivity index is 2.73. The molecule has 1 aromatic carbocycles. The number of nitrogens with one attached hydrogen (secondary N) is 1. The van der Waals surface area contributed by atoms with Gasteiger partial charge in [0.2, 0.25) is 0 Å². The third-order valence-corrected chi connectivity index (χ3v) is 3.18. The van der Waals surface area contributed by atoms with E-state index in [1.807, 2.05) is 19.2 Å². The first-order chi connectivity index (χ1) is 7.71. The maximum Gasteiger partial charge on any atom is 0.133 e. The van der Waals surface area contributed by atoms with Crippen molar-refractivity contribution in [2.24, 2.45) is 0 Å². The molecule has 0 aliphatic carbocycles. The molecule has 0 heterocycles. The lowest BCUT2D eigenvalue weighted by Gasteiger charge is -2.14. The molecule has 1 aromatic rings. The molecule has 0 aliphatic heterocycles. The van der Waals surface area contributed by atoms with Crippen molar-refractivity contribution in [3.05, 3.63) is 40.9 Å². The Kier molecular flexibility index (Phi) is 5.56. The minimum absolute atomic E-state index is 0.442.